The van der Waals surface area contributed by atoms with E-state index < -0.39 is 15.0 Å². The molecule has 0 atom stereocenters. The van der Waals surface area contributed by atoms with Crippen molar-refractivity contribution < 1.29 is 13.2 Å². The van der Waals surface area contributed by atoms with Crippen LogP contribution in [-0.4, -0.2) is 40.8 Å². The molecule has 4 aromatic rings. The van der Waals surface area contributed by atoms with E-state index in [0.717, 1.165) is 26.5 Å². The maximum absolute atomic E-state index is 11.8. The fourth-order valence-corrected chi connectivity index (χ4v) is 5.66. The van der Waals surface area contributed by atoms with Gasteiger partial charge in [-0.1, -0.05) is 89.6 Å². The summed E-state index contributed by atoms with van der Waals surface area (Å²) in [5.41, 5.74) is 0. The number of hydrogen-bond donors (Lipinski definition) is 0. The van der Waals surface area contributed by atoms with E-state index in [0.29, 0.717) is 44.9 Å². The highest BCUT2D eigenvalue weighted by atomic mass is 35.6. The molecule has 0 fully saturated rings. The van der Waals surface area contributed by atoms with Crippen LogP contribution in [0.15, 0.2) is 0 Å². The Bertz CT molecular complexity index is 1210. The number of halogens is 10. The van der Waals surface area contributed by atoms with Gasteiger partial charge in [-0.25, -0.2) is 0 Å². The van der Waals surface area contributed by atoms with E-state index in [-0.39, 0.29) is 10.9 Å². The lowest BCUT2D eigenvalue weighted by molar-refractivity contribution is -0.138. The van der Waals surface area contributed by atoms with Gasteiger partial charge in [0, 0.05) is 5.92 Å². The molecule has 0 unspecified atom stereocenters. The molecule has 0 radical (unpaired) electrons. The zero-order valence-corrected chi connectivity index (χ0v) is 29.7. The maximum atomic E-state index is 11.8. The van der Waals surface area contributed by atoms with Crippen molar-refractivity contribution in [3.05, 3.63) is 40.1 Å². The van der Waals surface area contributed by atoms with Gasteiger partial charge in [-0.2, -0.15) is 13.2 Å². The molecule has 8 nitrogen and oxygen atoms in total. The molecule has 0 aromatic carbocycles. The highest BCUT2D eigenvalue weighted by molar-refractivity contribution is 7.13. The lowest BCUT2D eigenvalue weighted by atomic mass is 10.2. The topological polar surface area (TPSA) is 103 Å². The molecule has 0 saturated heterocycles. The summed E-state index contributed by atoms with van der Waals surface area (Å²) in [4.78, 5) is 0. The van der Waals surface area contributed by atoms with Crippen LogP contribution in [-0.2, 0) is 39.9 Å². The molecule has 0 saturated carbocycles. The lowest BCUT2D eigenvalue weighted by Crippen LogP contribution is -2.03. The van der Waals surface area contributed by atoms with Crippen molar-refractivity contribution in [3.8, 4) is 0 Å². The molecule has 4 heterocycles. The van der Waals surface area contributed by atoms with Crippen LogP contribution in [0.3, 0.4) is 0 Å². The minimum Gasteiger partial charge on any atom is -0.164 e. The molecule has 4 rings (SSSR count). The third-order valence-corrected chi connectivity index (χ3v) is 10.5. The van der Waals surface area contributed by atoms with Crippen LogP contribution in [0.4, 0.5) is 13.2 Å². The molecule has 0 aliphatic rings. The summed E-state index contributed by atoms with van der Waals surface area (Å²) in [7, 11) is 0. The Balaban J connectivity index is 0.000000274. The van der Waals surface area contributed by atoms with Gasteiger partial charge in [-0.3, -0.25) is 0 Å². The summed E-state index contributed by atoms with van der Waals surface area (Å²) >= 11 is 43.1. The fourth-order valence-electron chi connectivity index (χ4n) is 1.88. The van der Waals surface area contributed by atoms with Gasteiger partial charge in [-0.15, -0.1) is 98.5 Å². The highest BCUT2D eigenvalue weighted by Gasteiger charge is 2.35. The molecule has 0 spiro atoms. The van der Waals surface area contributed by atoms with E-state index in [9.17, 15) is 13.2 Å². The van der Waals surface area contributed by atoms with Gasteiger partial charge in [0.2, 0.25) is 8.80 Å². The SMILES string of the molecule is CC(C)c1nnc(CCl)s1.CCc1nnc(CCl)s1.ClCc1nnc(C(Cl)(Cl)Cl)s1.FC(F)(F)c1nnc(CCl)s1. The molecule has 0 bridgehead atoms. The normalized spacial score (nSPS) is 11.3. The quantitative estimate of drug-likeness (QED) is 0.178. The molecule has 22 heteroatoms. The van der Waals surface area contributed by atoms with Gasteiger partial charge >= 0.3 is 6.18 Å². The van der Waals surface area contributed by atoms with Crippen molar-refractivity contribution in [2.75, 3.05) is 0 Å². The van der Waals surface area contributed by atoms with Crippen molar-refractivity contribution in [2.24, 2.45) is 0 Å². The van der Waals surface area contributed by atoms with Crippen molar-refractivity contribution >= 4 is 127 Å². The average Bonchev–Trinajstić information content (AvgIpc) is 3.74. The fraction of sp³-hybridized carbons (Fsp3) is 0.579. The van der Waals surface area contributed by atoms with E-state index in [4.69, 9.17) is 81.2 Å². The Hall–Kier alpha value is 0.0600. The van der Waals surface area contributed by atoms with Crippen LogP contribution in [0, 0.1) is 0 Å². The average molecular weight is 794 g/mol. The number of nitrogens with zero attached hydrogens (tertiary/aromatic N) is 8. The van der Waals surface area contributed by atoms with Gasteiger partial charge in [0.1, 0.15) is 30.0 Å². The first-order valence-electron chi connectivity index (χ1n) is 10.8. The Morgan fingerprint density at radius 2 is 0.976 bits per heavy atom. The Morgan fingerprint density at radius 3 is 1.24 bits per heavy atom. The Morgan fingerprint density at radius 1 is 0.585 bits per heavy atom. The summed E-state index contributed by atoms with van der Waals surface area (Å²) in [6.07, 6.45) is -3.45. The van der Waals surface area contributed by atoms with Crippen molar-refractivity contribution in [3.63, 3.8) is 0 Å². The zero-order valence-electron chi connectivity index (χ0n) is 21.1. The van der Waals surface area contributed by atoms with Gasteiger partial charge in [0.15, 0.2) is 5.01 Å². The van der Waals surface area contributed by atoms with Crippen LogP contribution in [0.2, 0.25) is 0 Å². The molecule has 41 heavy (non-hydrogen) atoms. The van der Waals surface area contributed by atoms with Crippen molar-refractivity contribution in [1.29, 1.82) is 0 Å². The standard InChI is InChI=1S/C6H9ClN2S.C5H7ClN2S.C4H2Cl4N2S.C4H2ClF3N2S/c1-4(2)6-9-8-5(3-7)10-6;1-2-4-7-8-5(3-6)9-4;2*5-1-2-9-10-3(11-2)4(6,7)8/h4H,3H2,1-2H3;2-3H2,1H3;2*1H2. The molecule has 0 N–H and O–H groups in total. The summed E-state index contributed by atoms with van der Waals surface area (Å²) in [5.74, 6) is 1.68. The molecule has 230 valence electrons. The van der Waals surface area contributed by atoms with Crippen molar-refractivity contribution in [1.82, 2.24) is 40.8 Å². The van der Waals surface area contributed by atoms with E-state index >= 15 is 0 Å². The summed E-state index contributed by atoms with van der Waals surface area (Å²) in [6.45, 7) is 6.25. The number of aryl methyl sites for hydroxylation is 1. The number of alkyl halides is 10. The summed E-state index contributed by atoms with van der Waals surface area (Å²) in [6, 6.07) is 0. The molecular weight excluding hydrogens is 774 g/mol. The van der Waals surface area contributed by atoms with E-state index in [1.54, 1.807) is 22.7 Å². The largest absolute Gasteiger partial charge is 0.445 e. The first-order chi connectivity index (χ1) is 19.2. The minimum atomic E-state index is -4.40. The van der Waals surface area contributed by atoms with Crippen LogP contribution >= 0.6 is 127 Å². The van der Waals surface area contributed by atoms with Crippen LogP contribution in [0.1, 0.15) is 66.8 Å². The molecule has 0 aliphatic carbocycles. The van der Waals surface area contributed by atoms with Gasteiger partial charge in [0.05, 0.1) is 23.5 Å². The van der Waals surface area contributed by atoms with Gasteiger partial charge < -0.3 is 0 Å². The van der Waals surface area contributed by atoms with E-state index in [1.165, 1.54) is 11.3 Å². The second-order valence-electron chi connectivity index (χ2n) is 7.16. The number of aromatic nitrogens is 8. The second kappa shape index (κ2) is 19.4. The van der Waals surface area contributed by atoms with E-state index in [2.05, 4.69) is 61.6 Å². The van der Waals surface area contributed by atoms with Gasteiger partial charge in [0.25, 0.3) is 0 Å². The third-order valence-electron chi connectivity index (χ3n) is 3.66. The monoisotopic (exact) mass is 790 g/mol. The number of rotatable bonds is 6. The Labute approximate surface area is 284 Å². The predicted octanol–water partition coefficient (Wildman–Crippen LogP) is 9.64. The molecule has 0 amide bonds. The summed E-state index contributed by atoms with van der Waals surface area (Å²) in [5, 5.41) is 33.2. The molecular formula is C19H20Cl7F3N8S4. The van der Waals surface area contributed by atoms with Crippen LogP contribution < -0.4 is 0 Å². The van der Waals surface area contributed by atoms with Crippen LogP contribution in [0.25, 0.3) is 0 Å². The molecule has 0 aliphatic heterocycles. The van der Waals surface area contributed by atoms with Crippen molar-refractivity contribution in [2.45, 2.75) is 66.6 Å². The Kier molecular flexibility index (Phi) is 18.5. The maximum Gasteiger partial charge on any atom is 0.445 e. The second-order valence-corrected chi connectivity index (χ2v) is 14.9. The summed E-state index contributed by atoms with van der Waals surface area (Å²) < 4.78 is 33.9. The van der Waals surface area contributed by atoms with Gasteiger partial charge in [-0.05, 0) is 6.42 Å². The van der Waals surface area contributed by atoms with E-state index in [1.807, 2.05) is 0 Å². The first kappa shape index (κ1) is 39.1. The lowest BCUT2D eigenvalue weighted by Gasteiger charge is -2.02. The minimum absolute atomic E-state index is 0.0340. The highest BCUT2D eigenvalue weighted by Crippen LogP contribution is 2.39. The first-order valence-corrected chi connectivity index (χ1v) is 17.4. The zero-order chi connectivity index (χ0) is 31.2. The smallest absolute Gasteiger partial charge is 0.164 e. The predicted molar refractivity (Wildman–Crippen MR) is 166 cm³/mol. The number of hydrogen-bond acceptors (Lipinski definition) is 12. The molecule has 4 aromatic heterocycles. The van der Waals surface area contributed by atoms with Crippen LogP contribution in [0.5, 0.6) is 0 Å². The third kappa shape index (κ3) is 15.1.